The van der Waals surface area contributed by atoms with Crippen LogP contribution < -0.4 is 4.74 Å². The van der Waals surface area contributed by atoms with Gasteiger partial charge in [-0.2, -0.15) is 13.2 Å². The van der Waals surface area contributed by atoms with E-state index in [9.17, 15) is 27.9 Å². The van der Waals surface area contributed by atoms with E-state index in [-0.39, 0.29) is 17.4 Å². The van der Waals surface area contributed by atoms with E-state index >= 15 is 0 Å². The predicted octanol–water partition coefficient (Wildman–Crippen LogP) is 4.20. The number of likely N-dealkylation sites (N-methyl/N-ethyl adjacent to an activating group) is 1. The second-order valence-electron chi connectivity index (χ2n) is 11.5. The van der Waals surface area contributed by atoms with Gasteiger partial charge in [0, 0.05) is 44.1 Å². The molecule has 1 spiro atoms. The zero-order chi connectivity index (χ0) is 30.0. The van der Waals surface area contributed by atoms with Crippen molar-refractivity contribution in [3.05, 3.63) is 71.3 Å². The molecule has 0 radical (unpaired) electrons. The normalized spacial score (nSPS) is 28.9. The molecule has 220 valence electrons. The third-order valence-corrected chi connectivity index (χ3v) is 9.53. The molecule has 0 aromatic heterocycles. The Morgan fingerprint density at radius 3 is 2.64 bits per heavy atom. The van der Waals surface area contributed by atoms with Crippen LogP contribution in [-0.2, 0) is 32.3 Å². The van der Waals surface area contributed by atoms with Gasteiger partial charge in [0.05, 0.1) is 23.1 Å². The van der Waals surface area contributed by atoms with Crippen LogP contribution in [0.3, 0.4) is 0 Å². The summed E-state index contributed by atoms with van der Waals surface area (Å²) < 4.78 is 51.7. The topological polar surface area (TPSA) is 79.3 Å². The Hall–Kier alpha value is -3.97. The molecule has 2 bridgehead atoms. The Morgan fingerprint density at radius 1 is 1.24 bits per heavy atom. The van der Waals surface area contributed by atoms with Crippen LogP contribution in [-0.4, -0.2) is 70.7 Å². The number of carbonyl (C=O) groups is 2. The third-order valence-electron chi connectivity index (χ3n) is 9.53. The Balaban J connectivity index is 1.38. The largest absolute Gasteiger partial charge is 0.504 e. The predicted molar refractivity (Wildman–Crippen MR) is 147 cm³/mol. The second kappa shape index (κ2) is 9.80. The minimum atomic E-state index is -4.46. The van der Waals surface area contributed by atoms with Crippen LogP contribution >= 0.6 is 0 Å². The highest BCUT2D eigenvalue weighted by Gasteiger charge is 2.75. The number of phenols is 1. The molecule has 1 amide bonds. The Bertz CT molecular complexity index is 1530. The fraction of sp³-hybridized carbons (Fsp3) is 0.438. The lowest BCUT2D eigenvalue weighted by Gasteiger charge is -2.65. The molecule has 4 aliphatic rings. The van der Waals surface area contributed by atoms with Gasteiger partial charge in [0.1, 0.15) is 11.7 Å². The number of nitrogens with zero attached hydrogens (tertiary/aromatic N) is 2. The molecule has 0 unspecified atom stereocenters. The summed E-state index contributed by atoms with van der Waals surface area (Å²) in [6.07, 6.45) is -1.14. The summed E-state index contributed by atoms with van der Waals surface area (Å²) in [6.45, 7) is 6.64. The van der Waals surface area contributed by atoms with Gasteiger partial charge in [-0.15, -0.1) is 6.58 Å². The molecule has 10 heteroatoms. The van der Waals surface area contributed by atoms with Crippen molar-refractivity contribution in [1.29, 1.82) is 0 Å². The molecule has 5 atom stereocenters. The molecule has 1 N–H and O–H groups in total. The summed E-state index contributed by atoms with van der Waals surface area (Å²) in [4.78, 5) is 29.8. The molecule has 1 saturated carbocycles. The molecule has 42 heavy (non-hydrogen) atoms. The highest BCUT2D eigenvalue weighted by Crippen LogP contribution is 2.67. The summed E-state index contributed by atoms with van der Waals surface area (Å²) in [5.41, 5.74) is -0.387. The highest BCUT2D eigenvalue weighted by atomic mass is 19.4. The number of aromatic hydroxyl groups is 1. The van der Waals surface area contributed by atoms with Crippen molar-refractivity contribution in [2.45, 2.75) is 68.0 Å². The summed E-state index contributed by atoms with van der Waals surface area (Å²) in [6, 6.07) is 7.23. The Labute approximate surface area is 241 Å². The first-order chi connectivity index (χ1) is 19.9. The molecule has 2 fully saturated rings. The summed E-state index contributed by atoms with van der Waals surface area (Å²) in [5.74, 6) is 4.69. The number of alkyl halides is 3. The number of carbonyl (C=O) groups excluding carboxylic acids is 2. The van der Waals surface area contributed by atoms with E-state index < -0.39 is 46.8 Å². The molecule has 6 rings (SSSR count). The van der Waals surface area contributed by atoms with Crippen molar-refractivity contribution in [1.82, 2.24) is 9.80 Å². The zero-order valence-corrected chi connectivity index (χ0v) is 23.3. The molecule has 2 aliphatic carbocycles. The lowest BCUT2D eigenvalue weighted by atomic mass is 9.48. The number of phenolic OH excluding ortho intramolecular Hbond substituents is 1. The summed E-state index contributed by atoms with van der Waals surface area (Å²) >= 11 is 0. The Morgan fingerprint density at radius 2 is 1.98 bits per heavy atom. The number of piperidine rings is 1. The number of hydrogen-bond acceptors (Lipinski definition) is 6. The van der Waals surface area contributed by atoms with Crippen molar-refractivity contribution in [2.75, 3.05) is 20.1 Å². The average molecular weight is 581 g/mol. The van der Waals surface area contributed by atoms with Crippen molar-refractivity contribution >= 4 is 11.9 Å². The van der Waals surface area contributed by atoms with Crippen molar-refractivity contribution in [3.8, 4) is 23.3 Å². The van der Waals surface area contributed by atoms with E-state index in [2.05, 4.69) is 23.3 Å². The van der Waals surface area contributed by atoms with E-state index in [1.807, 2.05) is 12.1 Å². The minimum Gasteiger partial charge on any atom is -0.504 e. The molecular formula is C32H31F3N2O5. The number of ether oxygens (including phenoxy) is 2. The molecule has 2 heterocycles. The molecular weight excluding hydrogens is 549 g/mol. The van der Waals surface area contributed by atoms with Crippen molar-refractivity contribution in [3.63, 3.8) is 0 Å². The number of amides is 1. The number of halogens is 3. The van der Waals surface area contributed by atoms with E-state index in [1.54, 1.807) is 13.1 Å². The summed E-state index contributed by atoms with van der Waals surface area (Å²) in [5, 5.41) is 10.9. The Kier molecular flexibility index (Phi) is 6.57. The molecule has 2 aromatic carbocycles. The number of benzene rings is 2. The third kappa shape index (κ3) is 4.01. The number of rotatable bonds is 4. The summed E-state index contributed by atoms with van der Waals surface area (Å²) in [7, 11) is 1.63. The highest BCUT2D eigenvalue weighted by molar-refractivity contribution is 5.94. The quantitative estimate of drug-likeness (QED) is 0.332. The zero-order valence-electron chi connectivity index (χ0n) is 23.3. The fourth-order valence-corrected chi connectivity index (χ4v) is 7.93. The average Bonchev–Trinajstić information content (AvgIpc) is 3.29. The van der Waals surface area contributed by atoms with Gasteiger partial charge in [0.25, 0.3) is 5.91 Å². The van der Waals surface area contributed by atoms with E-state index in [1.165, 1.54) is 24.0 Å². The number of esters is 1. The molecule has 1 saturated heterocycles. The maximum atomic E-state index is 13.4. The maximum absolute atomic E-state index is 13.4. The van der Waals surface area contributed by atoms with Crippen LogP contribution in [0.5, 0.6) is 11.5 Å². The molecule has 2 aromatic rings. The van der Waals surface area contributed by atoms with E-state index in [0.29, 0.717) is 44.5 Å². The first-order valence-corrected chi connectivity index (χ1v) is 14.0. The van der Waals surface area contributed by atoms with Crippen LogP contribution in [0.25, 0.3) is 0 Å². The second-order valence-corrected chi connectivity index (χ2v) is 11.5. The molecule has 7 nitrogen and oxygen atoms in total. The number of likely N-dealkylation sites (tertiary alicyclic amines) is 1. The van der Waals surface area contributed by atoms with Crippen LogP contribution in [0.2, 0.25) is 0 Å². The van der Waals surface area contributed by atoms with Crippen LogP contribution in [0.15, 0.2) is 49.1 Å². The van der Waals surface area contributed by atoms with Gasteiger partial charge in [-0.1, -0.05) is 18.1 Å². The van der Waals surface area contributed by atoms with Gasteiger partial charge >= 0.3 is 12.1 Å². The van der Waals surface area contributed by atoms with Gasteiger partial charge in [-0.25, -0.2) is 0 Å². The van der Waals surface area contributed by atoms with E-state index in [0.717, 1.165) is 23.3 Å². The van der Waals surface area contributed by atoms with Gasteiger partial charge in [0.15, 0.2) is 11.5 Å². The van der Waals surface area contributed by atoms with Crippen LogP contribution in [0.1, 0.15) is 48.4 Å². The van der Waals surface area contributed by atoms with Crippen molar-refractivity contribution in [2.24, 2.45) is 0 Å². The standard InChI is InChI=1S/C32H31F3N2O5/c1-4-16-37-17-15-30-27-21-8-11-24(39)28(27)41-29(30)23(13-14-31(30,25(37)18-21)42-19(2)38)36(3)26(40)12-7-20-5-9-22(10-6-20)32(33,34)35/h4-6,8-11,23,25,29,39H,1,13-18H2,2-3H3/t23-,25-,29+,30+,31-/m1/s1. The van der Waals surface area contributed by atoms with Gasteiger partial charge in [0.2, 0.25) is 0 Å². The maximum Gasteiger partial charge on any atom is 0.416 e. The van der Waals surface area contributed by atoms with Gasteiger partial charge in [-0.3, -0.25) is 14.5 Å². The van der Waals surface area contributed by atoms with E-state index in [4.69, 9.17) is 9.47 Å². The van der Waals surface area contributed by atoms with Gasteiger partial charge < -0.3 is 19.5 Å². The number of hydrogen-bond donors (Lipinski definition) is 1. The lowest BCUT2D eigenvalue weighted by Crippen LogP contribution is -2.79. The van der Waals surface area contributed by atoms with Crippen LogP contribution in [0.4, 0.5) is 13.2 Å². The first kappa shape index (κ1) is 28.2. The van der Waals surface area contributed by atoms with Crippen LogP contribution in [0, 0.1) is 11.8 Å². The lowest BCUT2D eigenvalue weighted by molar-refractivity contribution is -0.222. The minimum absolute atomic E-state index is 0.00366. The molecule has 2 aliphatic heterocycles. The SMILES string of the molecule is C=CCN1CC[C@]23c4c5ccc(O)c4O[C@H]2[C@H](N(C)C(=O)C#Cc2ccc(C(F)(F)F)cc2)CC[C@@]3(OC(C)=O)[C@H]1C5. The van der Waals surface area contributed by atoms with Gasteiger partial charge in [-0.05, 0) is 61.6 Å². The fourth-order valence-electron chi connectivity index (χ4n) is 7.93. The van der Waals surface area contributed by atoms with Crippen molar-refractivity contribution < 1.29 is 37.3 Å². The smallest absolute Gasteiger partial charge is 0.416 e. The first-order valence-electron chi connectivity index (χ1n) is 14.0. The monoisotopic (exact) mass is 580 g/mol.